The van der Waals surface area contributed by atoms with Crippen molar-refractivity contribution in [2.24, 2.45) is 0 Å². The molecule has 0 aliphatic carbocycles. The Bertz CT molecular complexity index is 1170. The fraction of sp³-hybridized carbons (Fsp3) is 0.321. The van der Waals surface area contributed by atoms with E-state index in [2.05, 4.69) is 0 Å². The molecule has 0 saturated carbocycles. The van der Waals surface area contributed by atoms with Crippen molar-refractivity contribution >= 4 is 22.8 Å². The van der Waals surface area contributed by atoms with E-state index in [1.807, 2.05) is 56.3 Å². The molecule has 0 heterocycles. The van der Waals surface area contributed by atoms with Gasteiger partial charge in [-0.2, -0.15) is 0 Å². The summed E-state index contributed by atoms with van der Waals surface area (Å²) in [6.07, 6.45) is 2.27. The van der Waals surface area contributed by atoms with Gasteiger partial charge in [0.1, 0.15) is 24.2 Å². The van der Waals surface area contributed by atoms with Crippen molar-refractivity contribution in [3.63, 3.8) is 0 Å². The van der Waals surface area contributed by atoms with Crippen LogP contribution in [-0.4, -0.2) is 62.5 Å². The van der Waals surface area contributed by atoms with Crippen molar-refractivity contribution < 1.29 is 28.8 Å². The topological polar surface area (TPSA) is 77.5 Å². The summed E-state index contributed by atoms with van der Waals surface area (Å²) in [6.45, 7) is 4.01. The van der Waals surface area contributed by atoms with Gasteiger partial charge in [-0.25, -0.2) is 0 Å². The molecule has 3 aromatic rings. The van der Waals surface area contributed by atoms with Crippen LogP contribution in [0.15, 0.2) is 60.7 Å². The van der Waals surface area contributed by atoms with E-state index >= 15 is 0 Å². The highest BCUT2D eigenvalue weighted by Gasteiger charge is 2.20. The highest BCUT2D eigenvalue weighted by Crippen LogP contribution is 2.35. The van der Waals surface area contributed by atoms with Crippen molar-refractivity contribution in [2.45, 2.75) is 26.0 Å². The number of amides is 1. The number of nitrogens with zero attached hydrogens (tertiary/aromatic N) is 1. The predicted molar refractivity (Wildman–Crippen MR) is 137 cm³/mol. The predicted octanol–water partition coefficient (Wildman–Crippen LogP) is 4.56. The molecule has 186 valence electrons. The van der Waals surface area contributed by atoms with Gasteiger partial charge in [0.05, 0.1) is 27.9 Å². The third kappa shape index (κ3) is 6.45. The summed E-state index contributed by atoms with van der Waals surface area (Å²) in [5.74, 6) is 2.07. The third-order valence-corrected chi connectivity index (χ3v) is 5.64. The number of hydrogen-bond donors (Lipinski definition) is 1. The molecule has 0 aliphatic heterocycles. The first-order valence-electron chi connectivity index (χ1n) is 11.4. The number of methoxy groups -OCH3 is 3. The van der Waals surface area contributed by atoms with Gasteiger partial charge in [0.25, 0.3) is 0 Å². The smallest absolute Gasteiger partial charge is 0.246 e. The lowest BCUT2D eigenvalue weighted by Crippen LogP contribution is -2.43. The van der Waals surface area contributed by atoms with Gasteiger partial charge in [0, 0.05) is 29.1 Å². The zero-order chi connectivity index (χ0) is 25.4. The number of fused-ring (bicyclic) bond motifs is 1. The molecule has 0 saturated heterocycles. The van der Waals surface area contributed by atoms with Gasteiger partial charge in [-0.1, -0.05) is 36.4 Å². The van der Waals surface area contributed by atoms with E-state index in [1.165, 1.54) is 6.08 Å². The maximum atomic E-state index is 13.0. The Morgan fingerprint density at radius 3 is 2.26 bits per heavy atom. The molecule has 7 nitrogen and oxygen atoms in total. The van der Waals surface area contributed by atoms with E-state index in [0.29, 0.717) is 28.6 Å². The normalized spacial score (nSPS) is 12.1. The molecule has 3 rings (SSSR count). The third-order valence-electron chi connectivity index (χ3n) is 5.64. The number of carbonyl (C=O) groups excluding carboxylic acids is 1. The number of carbonyl (C=O) groups is 1. The van der Waals surface area contributed by atoms with Crippen LogP contribution in [0.2, 0.25) is 0 Å². The Hall–Kier alpha value is -3.71. The SMILES string of the molecule is COc1cc(OC)c(OC)cc1C=CC(=O)N(CC(O)COc1cccc2ccccc12)C(C)C. The highest BCUT2D eigenvalue weighted by atomic mass is 16.5. The van der Waals surface area contributed by atoms with Crippen molar-refractivity contribution in [1.29, 1.82) is 0 Å². The Kier molecular flexibility index (Phi) is 8.98. The second-order valence-corrected chi connectivity index (χ2v) is 8.31. The zero-order valence-corrected chi connectivity index (χ0v) is 20.9. The minimum absolute atomic E-state index is 0.0672. The number of hydrogen-bond acceptors (Lipinski definition) is 6. The molecule has 0 spiro atoms. The fourth-order valence-electron chi connectivity index (χ4n) is 3.78. The summed E-state index contributed by atoms with van der Waals surface area (Å²) < 4.78 is 22.0. The summed E-state index contributed by atoms with van der Waals surface area (Å²) >= 11 is 0. The van der Waals surface area contributed by atoms with Crippen LogP contribution >= 0.6 is 0 Å². The zero-order valence-electron chi connectivity index (χ0n) is 20.9. The van der Waals surface area contributed by atoms with Gasteiger partial charge in [0.15, 0.2) is 11.5 Å². The average molecular weight is 480 g/mol. The van der Waals surface area contributed by atoms with E-state index < -0.39 is 6.10 Å². The number of rotatable bonds is 11. The summed E-state index contributed by atoms with van der Waals surface area (Å²) in [4.78, 5) is 14.6. The Labute approximate surface area is 206 Å². The molecule has 0 bridgehead atoms. The summed E-state index contributed by atoms with van der Waals surface area (Å²) in [6, 6.07) is 17.0. The van der Waals surface area contributed by atoms with Crippen LogP contribution in [0.25, 0.3) is 16.8 Å². The maximum absolute atomic E-state index is 13.0. The quantitative estimate of drug-likeness (QED) is 0.407. The van der Waals surface area contributed by atoms with Crippen LogP contribution in [0.1, 0.15) is 19.4 Å². The first-order chi connectivity index (χ1) is 16.9. The molecule has 1 atom stereocenters. The van der Waals surface area contributed by atoms with E-state index in [0.717, 1.165) is 10.8 Å². The van der Waals surface area contributed by atoms with Gasteiger partial charge in [0.2, 0.25) is 5.91 Å². The first kappa shape index (κ1) is 25.9. The minimum Gasteiger partial charge on any atom is -0.496 e. The van der Waals surface area contributed by atoms with Crippen LogP contribution in [0.4, 0.5) is 0 Å². The molecule has 1 amide bonds. The maximum Gasteiger partial charge on any atom is 0.246 e. The fourth-order valence-corrected chi connectivity index (χ4v) is 3.78. The molecular weight excluding hydrogens is 446 g/mol. The summed E-state index contributed by atoms with van der Waals surface area (Å²) in [7, 11) is 4.64. The van der Waals surface area contributed by atoms with Crippen molar-refractivity contribution in [3.05, 3.63) is 66.2 Å². The minimum atomic E-state index is -0.857. The molecule has 0 aliphatic rings. The summed E-state index contributed by atoms with van der Waals surface area (Å²) in [5.41, 5.74) is 0.669. The molecule has 35 heavy (non-hydrogen) atoms. The van der Waals surface area contributed by atoms with E-state index in [9.17, 15) is 9.90 Å². The van der Waals surface area contributed by atoms with Gasteiger partial charge in [-0.3, -0.25) is 4.79 Å². The monoisotopic (exact) mass is 479 g/mol. The number of aliphatic hydroxyl groups excluding tert-OH is 1. The first-order valence-corrected chi connectivity index (χ1v) is 11.4. The lowest BCUT2D eigenvalue weighted by Gasteiger charge is -2.28. The number of aliphatic hydroxyl groups is 1. The van der Waals surface area contributed by atoms with Gasteiger partial charge in [-0.05, 0) is 37.4 Å². The van der Waals surface area contributed by atoms with E-state index in [1.54, 1.807) is 44.4 Å². The molecule has 3 aromatic carbocycles. The van der Waals surface area contributed by atoms with Gasteiger partial charge in [-0.15, -0.1) is 0 Å². The van der Waals surface area contributed by atoms with Crippen molar-refractivity contribution in [3.8, 4) is 23.0 Å². The van der Waals surface area contributed by atoms with Crippen molar-refractivity contribution in [2.75, 3.05) is 34.5 Å². The van der Waals surface area contributed by atoms with Crippen molar-refractivity contribution in [1.82, 2.24) is 4.90 Å². The second kappa shape index (κ2) is 12.1. The molecule has 1 N–H and O–H groups in total. The number of ether oxygens (including phenoxy) is 4. The summed E-state index contributed by atoms with van der Waals surface area (Å²) in [5, 5.41) is 12.7. The Morgan fingerprint density at radius 1 is 0.914 bits per heavy atom. The van der Waals surface area contributed by atoms with Crippen LogP contribution < -0.4 is 18.9 Å². The van der Waals surface area contributed by atoms with Gasteiger partial charge >= 0.3 is 0 Å². The average Bonchev–Trinajstić information content (AvgIpc) is 2.88. The second-order valence-electron chi connectivity index (χ2n) is 8.31. The molecule has 0 aromatic heterocycles. The Morgan fingerprint density at radius 2 is 1.57 bits per heavy atom. The molecular formula is C28H33NO6. The van der Waals surface area contributed by atoms with Crippen LogP contribution in [0.3, 0.4) is 0 Å². The van der Waals surface area contributed by atoms with E-state index in [4.69, 9.17) is 18.9 Å². The molecule has 7 heteroatoms. The van der Waals surface area contributed by atoms with E-state index in [-0.39, 0.29) is 25.1 Å². The van der Waals surface area contributed by atoms with Crippen LogP contribution in [-0.2, 0) is 4.79 Å². The standard InChI is InChI=1S/C28H33NO6/c1-19(2)29(17-22(30)18-35-24-12-8-10-20-9-6-7-11-23(20)24)28(31)14-13-21-15-26(33-4)27(34-5)16-25(21)32-3/h6-16,19,22,30H,17-18H2,1-5H3. The van der Waals surface area contributed by atoms with Crippen LogP contribution in [0.5, 0.6) is 23.0 Å². The lowest BCUT2D eigenvalue weighted by atomic mass is 10.1. The van der Waals surface area contributed by atoms with Crippen LogP contribution in [0, 0.1) is 0 Å². The molecule has 0 radical (unpaired) electrons. The van der Waals surface area contributed by atoms with Gasteiger partial charge < -0.3 is 29.0 Å². The number of benzene rings is 3. The largest absolute Gasteiger partial charge is 0.496 e. The molecule has 1 unspecified atom stereocenters. The highest BCUT2D eigenvalue weighted by molar-refractivity contribution is 5.92. The molecule has 0 fully saturated rings. The Balaban J connectivity index is 1.69. The lowest BCUT2D eigenvalue weighted by molar-refractivity contribution is -0.129.